The molecule has 2 rings (SSSR count). The Morgan fingerprint density at radius 1 is 1.03 bits per heavy atom. The molecule has 0 amide bonds. The number of halogens is 2. The Morgan fingerprint density at radius 3 is 2.34 bits per heavy atom. The molecular formula is C20H27Cl2N7. The second-order valence-corrected chi connectivity index (χ2v) is 6.45. The Bertz CT molecular complexity index is 902. The molecule has 0 radical (unpaired) electrons. The van der Waals surface area contributed by atoms with E-state index in [2.05, 4.69) is 27.3 Å². The first kappa shape index (κ1) is 26.0. The maximum absolute atomic E-state index is 6.01. The van der Waals surface area contributed by atoms with Crippen LogP contribution in [0, 0.1) is 13.8 Å². The van der Waals surface area contributed by atoms with Gasteiger partial charge in [0.25, 0.3) is 0 Å². The molecule has 0 bridgehead atoms. The first-order valence-corrected chi connectivity index (χ1v) is 8.83. The fourth-order valence-corrected chi connectivity index (χ4v) is 2.22. The quantitative estimate of drug-likeness (QED) is 0.322. The first-order chi connectivity index (χ1) is 13.2. The average Bonchev–Trinajstić information content (AvgIpc) is 2.61. The molecule has 0 spiro atoms. The third-order valence-electron chi connectivity index (χ3n) is 3.15. The van der Waals surface area contributed by atoms with Gasteiger partial charge in [0, 0.05) is 16.1 Å². The number of hydrazone groups is 1. The van der Waals surface area contributed by atoms with Crippen LogP contribution in [-0.2, 0) is 0 Å². The Labute approximate surface area is 182 Å². The molecule has 9 heteroatoms. The Kier molecular flexibility index (Phi) is 11.8. The summed E-state index contributed by atoms with van der Waals surface area (Å²) in [6.07, 6.45) is 3.11. The van der Waals surface area contributed by atoms with Gasteiger partial charge < -0.3 is 17.2 Å². The van der Waals surface area contributed by atoms with E-state index in [0.29, 0.717) is 15.9 Å². The lowest BCUT2D eigenvalue weighted by molar-refractivity contribution is 0.882. The molecule has 0 aliphatic heterocycles. The topological polar surface area (TPSA) is 127 Å². The molecular weight excluding hydrogens is 409 g/mol. The van der Waals surface area contributed by atoms with Gasteiger partial charge in [-0.05, 0) is 31.5 Å². The minimum Gasteiger partial charge on any atom is -0.385 e. The number of hydrogen-bond acceptors (Lipinski definition) is 5. The summed E-state index contributed by atoms with van der Waals surface area (Å²) in [5.41, 5.74) is 21.8. The van der Waals surface area contributed by atoms with Gasteiger partial charge in [0.1, 0.15) is 5.82 Å². The maximum atomic E-state index is 6.01. The van der Waals surface area contributed by atoms with E-state index in [1.54, 1.807) is 6.21 Å². The predicted octanol–water partition coefficient (Wildman–Crippen LogP) is 3.89. The molecule has 7 N–H and O–H groups in total. The number of nitrogens with one attached hydrogen (secondary N) is 1. The number of nitrogens with zero attached hydrogens (tertiary/aromatic N) is 3. The summed E-state index contributed by atoms with van der Waals surface area (Å²) in [5, 5.41) is 12.3. The van der Waals surface area contributed by atoms with Gasteiger partial charge in [0.15, 0.2) is 0 Å². The van der Waals surface area contributed by atoms with E-state index in [4.69, 9.17) is 40.4 Å². The van der Waals surface area contributed by atoms with Crippen molar-refractivity contribution in [3.63, 3.8) is 0 Å². The molecule has 0 saturated heterocycles. The second kappa shape index (κ2) is 13.2. The van der Waals surface area contributed by atoms with Crippen molar-refractivity contribution in [2.75, 3.05) is 0 Å². The zero-order valence-corrected chi connectivity index (χ0v) is 17.2. The highest BCUT2D eigenvalue weighted by molar-refractivity contribution is 6.34. The summed E-state index contributed by atoms with van der Waals surface area (Å²) in [7, 11) is 0. The molecule has 0 aliphatic rings. The first-order valence-electron chi connectivity index (χ1n) is 8.07. The highest BCUT2D eigenvalue weighted by Gasteiger charge is 1.99. The SMILES string of the molecule is C.C=C(N)N/N=C/c1cc(C)ccc1Cl.Cc1cccc(/C=N/N=C(N)N)c1Cl. The lowest BCUT2D eigenvalue weighted by Crippen LogP contribution is -2.21. The summed E-state index contributed by atoms with van der Waals surface area (Å²) >= 11 is 11.9. The molecule has 0 aliphatic carbocycles. The van der Waals surface area contributed by atoms with Gasteiger partial charge in [-0.25, -0.2) is 0 Å². The molecule has 0 unspecified atom stereocenters. The van der Waals surface area contributed by atoms with Crippen LogP contribution in [0.4, 0.5) is 0 Å². The Morgan fingerprint density at radius 2 is 1.72 bits per heavy atom. The third-order valence-corrected chi connectivity index (χ3v) is 4.02. The standard InChI is InChI=1S/C10H12ClN3.C9H11ClN4.CH4/c1-7-3-4-10(11)9(5-7)6-13-14-8(2)12;1-6-3-2-4-7(8(6)10)5-13-14-9(11)12;/h3-6,14H,2,12H2,1H3;2-5H,1H3,(H4,11,12,14);1H4/b13-6+;13-5+;. The molecule has 0 aromatic heterocycles. The molecule has 7 nitrogen and oxygen atoms in total. The zero-order valence-electron chi connectivity index (χ0n) is 15.7. The van der Waals surface area contributed by atoms with Crippen molar-refractivity contribution in [2.45, 2.75) is 21.3 Å². The van der Waals surface area contributed by atoms with E-state index >= 15 is 0 Å². The summed E-state index contributed by atoms with van der Waals surface area (Å²) in [4.78, 5) is 0. The minimum atomic E-state index is -0.0787. The monoisotopic (exact) mass is 435 g/mol. The zero-order chi connectivity index (χ0) is 21.1. The fourth-order valence-electron chi connectivity index (χ4n) is 1.87. The van der Waals surface area contributed by atoms with Crippen LogP contribution < -0.4 is 22.6 Å². The lowest BCUT2D eigenvalue weighted by Gasteiger charge is -2.00. The fraction of sp³-hybridized carbons (Fsp3) is 0.150. The van der Waals surface area contributed by atoms with Crippen molar-refractivity contribution < 1.29 is 0 Å². The summed E-state index contributed by atoms with van der Waals surface area (Å²) in [6, 6.07) is 11.3. The van der Waals surface area contributed by atoms with E-state index in [-0.39, 0.29) is 13.4 Å². The number of benzene rings is 2. The van der Waals surface area contributed by atoms with E-state index < -0.39 is 0 Å². The molecule has 156 valence electrons. The molecule has 2 aromatic rings. The lowest BCUT2D eigenvalue weighted by atomic mass is 10.1. The molecule has 0 saturated carbocycles. The number of aryl methyl sites for hydroxylation is 2. The maximum Gasteiger partial charge on any atom is 0.211 e. The van der Waals surface area contributed by atoms with E-state index in [1.807, 2.05) is 50.2 Å². The van der Waals surface area contributed by atoms with E-state index in [1.165, 1.54) is 6.21 Å². The summed E-state index contributed by atoms with van der Waals surface area (Å²) in [5.74, 6) is 0.218. The van der Waals surface area contributed by atoms with Gasteiger partial charge in [-0.15, -0.1) is 5.10 Å². The number of rotatable bonds is 5. The summed E-state index contributed by atoms with van der Waals surface area (Å²) in [6.45, 7) is 7.35. The second-order valence-electron chi connectivity index (χ2n) is 5.67. The van der Waals surface area contributed by atoms with Crippen LogP contribution in [0.5, 0.6) is 0 Å². The predicted molar refractivity (Wildman–Crippen MR) is 127 cm³/mol. The van der Waals surface area contributed by atoms with Crippen molar-refractivity contribution >= 4 is 41.6 Å². The van der Waals surface area contributed by atoms with Gasteiger partial charge in [0.05, 0.1) is 17.5 Å². The minimum absolute atomic E-state index is 0. The smallest absolute Gasteiger partial charge is 0.211 e. The molecule has 0 fully saturated rings. The van der Waals surface area contributed by atoms with E-state index in [0.717, 1.165) is 22.3 Å². The highest BCUT2D eigenvalue weighted by atomic mass is 35.5. The Balaban J connectivity index is 0.000000523. The highest BCUT2D eigenvalue weighted by Crippen LogP contribution is 2.18. The van der Waals surface area contributed by atoms with Crippen LogP contribution >= 0.6 is 23.2 Å². The molecule has 29 heavy (non-hydrogen) atoms. The third kappa shape index (κ3) is 10.2. The van der Waals surface area contributed by atoms with Crippen molar-refractivity contribution in [2.24, 2.45) is 32.5 Å². The number of nitrogens with two attached hydrogens (primary N) is 3. The van der Waals surface area contributed by atoms with Gasteiger partial charge in [0.2, 0.25) is 5.96 Å². The van der Waals surface area contributed by atoms with Crippen LogP contribution in [0.3, 0.4) is 0 Å². The van der Waals surface area contributed by atoms with E-state index in [9.17, 15) is 0 Å². The summed E-state index contributed by atoms with van der Waals surface area (Å²) < 4.78 is 0. The van der Waals surface area contributed by atoms with Crippen LogP contribution in [0.1, 0.15) is 29.7 Å². The molecule has 2 aromatic carbocycles. The van der Waals surface area contributed by atoms with Crippen molar-refractivity contribution in [1.82, 2.24) is 5.43 Å². The normalized spacial score (nSPS) is 10.1. The van der Waals surface area contributed by atoms with Crippen LogP contribution in [0.25, 0.3) is 0 Å². The van der Waals surface area contributed by atoms with Gasteiger partial charge in [-0.3, -0.25) is 5.43 Å². The van der Waals surface area contributed by atoms with Crippen molar-refractivity contribution in [3.05, 3.63) is 81.1 Å². The molecule has 0 heterocycles. The van der Waals surface area contributed by atoms with Crippen LogP contribution in [-0.4, -0.2) is 18.4 Å². The van der Waals surface area contributed by atoms with Crippen molar-refractivity contribution in [1.29, 1.82) is 0 Å². The van der Waals surface area contributed by atoms with Crippen molar-refractivity contribution in [3.8, 4) is 0 Å². The van der Waals surface area contributed by atoms with Gasteiger partial charge >= 0.3 is 0 Å². The molecule has 0 atom stereocenters. The van der Waals surface area contributed by atoms with Crippen LogP contribution in [0.15, 0.2) is 64.1 Å². The Hall–Kier alpha value is -3.03. The van der Waals surface area contributed by atoms with Gasteiger partial charge in [-0.1, -0.05) is 67.0 Å². The largest absolute Gasteiger partial charge is 0.385 e. The number of hydrogen-bond donors (Lipinski definition) is 4. The average molecular weight is 436 g/mol. The number of guanidine groups is 1. The van der Waals surface area contributed by atoms with Gasteiger partial charge in [-0.2, -0.15) is 10.2 Å². The van der Waals surface area contributed by atoms with Crippen LogP contribution in [0.2, 0.25) is 10.0 Å².